The molecular weight excluding hydrogens is 588 g/mol. The number of hydrogen-bond acceptors (Lipinski definition) is 9. The van der Waals surface area contributed by atoms with Gasteiger partial charge in [-0.05, 0) is 88.5 Å². The summed E-state index contributed by atoms with van der Waals surface area (Å²) in [5, 5.41) is 36.1. The van der Waals surface area contributed by atoms with E-state index in [0.717, 1.165) is 30.4 Å². The van der Waals surface area contributed by atoms with Crippen LogP contribution in [0, 0.1) is 28.6 Å². The van der Waals surface area contributed by atoms with Gasteiger partial charge in [0.15, 0.2) is 12.1 Å². The van der Waals surface area contributed by atoms with E-state index in [9.17, 15) is 20.1 Å². The normalized spacial score (nSPS) is 51.4. The van der Waals surface area contributed by atoms with Crippen molar-refractivity contribution in [1.82, 2.24) is 0 Å². The van der Waals surface area contributed by atoms with Crippen LogP contribution < -0.4 is 0 Å². The summed E-state index contributed by atoms with van der Waals surface area (Å²) in [6.45, 7) is 6.37. The number of carbonyl (C=O) groups is 1. The van der Waals surface area contributed by atoms with Crippen LogP contribution in [0.2, 0.25) is 0 Å². The second-order valence-corrected chi connectivity index (χ2v) is 16.0. The minimum absolute atomic E-state index is 0.0101. The van der Waals surface area contributed by atoms with Crippen molar-refractivity contribution in [3.8, 4) is 0 Å². The smallest absolute Gasteiger partial charge is 0.331 e. The Morgan fingerprint density at radius 1 is 0.957 bits per heavy atom. The molecule has 9 nitrogen and oxygen atoms in total. The molecule has 5 unspecified atom stereocenters. The summed E-state index contributed by atoms with van der Waals surface area (Å²) in [5.41, 5.74) is -1.08. The van der Waals surface area contributed by atoms with Crippen molar-refractivity contribution in [2.45, 2.75) is 133 Å². The third-order valence-corrected chi connectivity index (χ3v) is 14.0. The Hall–Kier alpha value is -1.85. The van der Waals surface area contributed by atoms with E-state index in [4.69, 9.17) is 23.7 Å². The summed E-state index contributed by atoms with van der Waals surface area (Å²) in [5.74, 6) is -1.03. The van der Waals surface area contributed by atoms with Gasteiger partial charge in [0.05, 0.1) is 36.1 Å². The molecule has 4 saturated carbocycles. The number of esters is 1. The van der Waals surface area contributed by atoms with Gasteiger partial charge in [-0.1, -0.05) is 37.3 Å². The molecule has 2 saturated heterocycles. The number of ether oxygens (including phenoxy) is 5. The van der Waals surface area contributed by atoms with Crippen LogP contribution in [-0.4, -0.2) is 76.4 Å². The van der Waals surface area contributed by atoms with Crippen LogP contribution in [0.5, 0.6) is 0 Å². The molecule has 3 N–H and O–H groups in total. The van der Waals surface area contributed by atoms with Crippen molar-refractivity contribution in [2.24, 2.45) is 28.6 Å². The van der Waals surface area contributed by atoms with E-state index in [0.29, 0.717) is 51.6 Å². The molecular formula is C37H50O9. The lowest BCUT2D eigenvalue weighted by Gasteiger charge is -2.66. The zero-order valence-electron chi connectivity index (χ0n) is 27.4. The Morgan fingerprint density at radius 2 is 1.74 bits per heavy atom. The molecule has 46 heavy (non-hydrogen) atoms. The summed E-state index contributed by atoms with van der Waals surface area (Å²) >= 11 is 0. The number of cyclic esters (lactones) is 1. The van der Waals surface area contributed by atoms with Crippen LogP contribution in [0.15, 0.2) is 42.0 Å². The number of carbonyl (C=O) groups excluding carboxylic acids is 1. The Balaban J connectivity index is 0.967. The average molecular weight is 639 g/mol. The Labute approximate surface area is 271 Å². The molecule has 1 aromatic carbocycles. The lowest BCUT2D eigenvalue weighted by molar-refractivity contribution is -0.292. The average Bonchev–Trinajstić information content (AvgIpc) is 3.70. The summed E-state index contributed by atoms with van der Waals surface area (Å²) < 4.78 is 31.2. The van der Waals surface area contributed by atoms with Crippen LogP contribution in [0.3, 0.4) is 0 Å². The monoisotopic (exact) mass is 638 g/mol. The Bertz CT molecular complexity index is 1380. The molecule has 0 spiro atoms. The molecule has 6 fully saturated rings. The number of benzene rings is 1. The molecule has 13 atom stereocenters. The first-order chi connectivity index (χ1) is 21.9. The van der Waals surface area contributed by atoms with Crippen molar-refractivity contribution in [1.29, 1.82) is 0 Å². The summed E-state index contributed by atoms with van der Waals surface area (Å²) in [6, 6.07) is 9.98. The lowest BCUT2D eigenvalue weighted by atomic mass is 9.41. The molecule has 3 aliphatic heterocycles. The largest absolute Gasteiger partial charge is 0.458 e. The van der Waals surface area contributed by atoms with Crippen LogP contribution in [0.25, 0.3) is 0 Å². The van der Waals surface area contributed by atoms with Gasteiger partial charge in [-0.3, -0.25) is 0 Å². The predicted octanol–water partition coefficient (Wildman–Crippen LogP) is 4.51. The zero-order valence-corrected chi connectivity index (χ0v) is 27.4. The predicted molar refractivity (Wildman–Crippen MR) is 166 cm³/mol. The van der Waals surface area contributed by atoms with E-state index in [1.165, 1.54) is 0 Å². The molecule has 7 aliphatic rings. The maximum absolute atomic E-state index is 12.5. The van der Waals surface area contributed by atoms with Gasteiger partial charge in [0, 0.05) is 35.3 Å². The summed E-state index contributed by atoms with van der Waals surface area (Å²) in [6.07, 6.45) is 7.01. The van der Waals surface area contributed by atoms with Gasteiger partial charge in [-0.25, -0.2) is 4.79 Å². The minimum Gasteiger partial charge on any atom is -0.458 e. The van der Waals surface area contributed by atoms with Crippen LogP contribution in [-0.2, 0) is 34.3 Å². The molecule has 4 aliphatic carbocycles. The minimum atomic E-state index is -1.09. The number of fused-ring (bicyclic) bond motifs is 6. The van der Waals surface area contributed by atoms with E-state index >= 15 is 0 Å². The van der Waals surface area contributed by atoms with E-state index in [-0.39, 0.29) is 60.2 Å². The number of rotatable bonds is 5. The maximum atomic E-state index is 12.5. The second-order valence-electron chi connectivity index (χ2n) is 16.0. The number of aliphatic hydroxyl groups excluding tert-OH is 1. The van der Waals surface area contributed by atoms with Crippen molar-refractivity contribution in [3.05, 3.63) is 47.5 Å². The van der Waals surface area contributed by atoms with Gasteiger partial charge in [-0.15, -0.1) is 0 Å². The van der Waals surface area contributed by atoms with E-state index in [1.807, 2.05) is 44.2 Å². The first-order valence-electron chi connectivity index (χ1n) is 17.6. The van der Waals surface area contributed by atoms with Gasteiger partial charge in [0.25, 0.3) is 0 Å². The summed E-state index contributed by atoms with van der Waals surface area (Å²) in [7, 11) is 0. The van der Waals surface area contributed by atoms with Crippen molar-refractivity contribution in [3.63, 3.8) is 0 Å². The SMILES string of the molecule is CC1O[C@@H](O[C@H]2CC[C@]3(CO)C4CC[C@]5(C)[C@@H](C6=CC(=O)OC6)CC[C@]5(O)C4CC[C@]3(O)C2)CC2OC(C)(c3ccccc3)O[C@H]12. The molecule has 252 valence electrons. The first kappa shape index (κ1) is 31.4. The van der Waals surface area contributed by atoms with Crippen molar-refractivity contribution < 1.29 is 43.8 Å². The first-order valence-corrected chi connectivity index (χ1v) is 17.6. The fourth-order valence-corrected chi connectivity index (χ4v) is 11.7. The summed E-state index contributed by atoms with van der Waals surface area (Å²) in [4.78, 5) is 11.9. The fourth-order valence-electron chi connectivity index (χ4n) is 11.7. The third kappa shape index (κ3) is 4.41. The lowest BCUT2D eigenvalue weighted by Crippen LogP contribution is -2.69. The van der Waals surface area contributed by atoms with Crippen LogP contribution in [0.4, 0.5) is 0 Å². The fraction of sp³-hybridized carbons (Fsp3) is 0.757. The molecule has 3 heterocycles. The molecule has 9 heteroatoms. The van der Waals surface area contributed by atoms with Gasteiger partial charge in [-0.2, -0.15) is 0 Å². The van der Waals surface area contributed by atoms with Gasteiger partial charge in [0.1, 0.15) is 12.7 Å². The Morgan fingerprint density at radius 3 is 2.48 bits per heavy atom. The van der Waals surface area contributed by atoms with E-state index < -0.39 is 28.7 Å². The molecule has 0 amide bonds. The molecule has 1 aromatic rings. The maximum Gasteiger partial charge on any atom is 0.331 e. The topological polar surface area (TPSA) is 124 Å². The highest BCUT2D eigenvalue weighted by molar-refractivity contribution is 5.85. The van der Waals surface area contributed by atoms with Gasteiger partial charge >= 0.3 is 5.97 Å². The second kappa shape index (κ2) is 10.8. The highest BCUT2D eigenvalue weighted by atomic mass is 16.8. The van der Waals surface area contributed by atoms with Gasteiger partial charge < -0.3 is 39.0 Å². The molecule has 0 aromatic heterocycles. The highest BCUT2D eigenvalue weighted by Crippen LogP contribution is 2.70. The quantitative estimate of drug-likeness (QED) is 0.316. The molecule has 0 radical (unpaired) electrons. The standard InChI is InChI=1S/C37H50O9/c1-22-32-29(45-34(3,46-32)24-7-5-4-6-8-24)18-31(43-22)44-25-9-14-35(21-38)27-10-13-33(2)26(23-17-30(39)42-20-23)12-16-37(33,41)28(27)11-15-36(35,40)19-25/h4-8,17,22,25-29,31-32,38,40-41H,9-16,18-21H2,1-3H3/t22?,25-,26+,27?,28?,29?,31-,32+,33+,34?,35-,36-,37-/m0/s1. The molecule has 0 bridgehead atoms. The van der Waals surface area contributed by atoms with Gasteiger partial charge in [0.2, 0.25) is 0 Å². The Kier molecular flexibility index (Phi) is 7.39. The van der Waals surface area contributed by atoms with Crippen LogP contribution in [0.1, 0.15) is 90.5 Å². The number of hydrogen-bond donors (Lipinski definition) is 3. The zero-order chi connectivity index (χ0) is 32.1. The van der Waals surface area contributed by atoms with Crippen molar-refractivity contribution in [2.75, 3.05) is 13.2 Å². The van der Waals surface area contributed by atoms with Crippen LogP contribution >= 0.6 is 0 Å². The highest BCUT2D eigenvalue weighted by Gasteiger charge is 2.71. The molecule has 8 rings (SSSR count). The number of aliphatic hydroxyl groups is 3. The third-order valence-electron chi connectivity index (χ3n) is 14.0. The van der Waals surface area contributed by atoms with E-state index in [2.05, 4.69) is 6.92 Å². The van der Waals surface area contributed by atoms with Crippen molar-refractivity contribution >= 4 is 5.97 Å². The van der Waals surface area contributed by atoms with E-state index in [1.54, 1.807) is 6.08 Å².